The van der Waals surface area contributed by atoms with E-state index in [4.69, 9.17) is 27.9 Å². The van der Waals surface area contributed by atoms with Crippen LogP contribution in [0, 0.1) is 5.92 Å². The Kier molecular flexibility index (Phi) is 5.96. The van der Waals surface area contributed by atoms with E-state index in [0.29, 0.717) is 12.0 Å². The zero-order valence-electron chi connectivity index (χ0n) is 11.3. The molecular weight excluding hydrogens is 281 g/mol. The highest BCUT2D eigenvalue weighted by Gasteiger charge is 2.24. The molecule has 19 heavy (non-hydrogen) atoms. The van der Waals surface area contributed by atoms with Crippen molar-refractivity contribution in [2.24, 2.45) is 5.92 Å². The van der Waals surface area contributed by atoms with Gasteiger partial charge in [0.15, 0.2) is 0 Å². The van der Waals surface area contributed by atoms with E-state index in [1.165, 1.54) is 0 Å². The first-order valence-electron chi connectivity index (χ1n) is 6.96. The smallest absolute Gasteiger partial charge is 0.0469 e. The zero-order valence-corrected chi connectivity index (χ0v) is 12.8. The summed E-state index contributed by atoms with van der Waals surface area (Å²) in [6.07, 6.45) is 3.11. The van der Waals surface area contributed by atoms with Gasteiger partial charge in [0, 0.05) is 29.3 Å². The number of halogens is 2. The Morgan fingerprint density at radius 2 is 1.89 bits per heavy atom. The third-order valence-corrected chi connectivity index (χ3v) is 4.50. The molecule has 1 saturated heterocycles. The molecule has 2 nitrogen and oxygen atoms in total. The van der Waals surface area contributed by atoms with Gasteiger partial charge in [0.1, 0.15) is 0 Å². The average molecular weight is 302 g/mol. The van der Waals surface area contributed by atoms with Crippen LogP contribution in [-0.2, 0) is 11.2 Å². The van der Waals surface area contributed by atoms with E-state index >= 15 is 0 Å². The van der Waals surface area contributed by atoms with Gasteiger partial charge in [0.25, 0.3) is 0 Å². The predicted molar refractivity (Wildman–Crippen MR) is 81.2 cm³/mol. The summed E-state index contributed by atoms with van der Waals surface area (Å²) in [4.78, 5) is 0. The Hall–Kier alpha value is -0.280. The molecule has 0 saturated carbocycles. The Bertz CT molecular complexity index is 385. The lowest BCUT2D eigenvalue weighted by Crippen LogP contribution is -2.40. The summed E-state index contributed by atoms with van der Waals surface area (Å²) in [7, 11) is 0. The normalized spacial score (nSPS) is 18.5. The predicted octanol–water partition coefficient (Wildman–Crippen LogP) is 3.94. The van der Waals surface area contributed by atoms with Gasteiger partial charge in [0.05, 0.1) is 0 Å². The van der Waals surface area contributed by atoms with Gasteiger partial charge >= 0.3 is 0 Å². The molecule has 0 amide bonds. The van der Waals surface area contributed by atoms with Crippen LogP contribution in [0.15, 0.2) is 18.2 Å². The third-order valence-electron chi connectivity index (χ3n) is 3.79. The topological polar surface area (TPSA) is 21.3 Å². The molecule has 0 radical (unpaired) electrons. The molecule has 1 unspecified atom stereocenters. The Morgan fingerprint density at radius 3 is 2.47 bits per heavy atom. The molecule has 0 aliphatic carbocycles. The van der Waals surface area contributed by atoms with Gasteiger partial charge in [-0.25, -0.2) is 0 Å². The monoisotopic (exact) mass is 301 g/mol. The largest absolute Gasteiger partial charge is 0.381 e. The van der Waals surface area contributed by atoms with E-state index in [-0.39, 0.29) is 0 Å². The van der Waals surface area contributed by atoms with E-state index in [1.54, 1.807) is 0 Å². The Morgan fingerprint density at radius 1 is 1.26 bits per heavy atom. The molecule has 1 aromatic carbocycles. The number of ether oxygens (including phenoxy) is 1. The van der Waals surface area contributed by atoms with Crippen LogP contribution < -0.4 is 5.32 Å². The van der Waals surface area contributed by atoms with Crippen molar-refractivity contribution in [3.8, 4) is 0 Å². The maximum Gasteiger partial charge on any atom is 0.0469 e. The van der Waals surface area contributed by atoms with Crippen LogP contribution in [0.5, 0.6) is 0 Å². The number of benzene rings is 1. The molecule has 1 heterocycles. The second kappa shape index (κ2) is 7.49. The number of nitrogens with one attached hydrogen (secondary N) is 1. The quantitative estimate of drug-likeness (QED) is 0.889. The maximum absolute atomic E-state index is 6.28. The van der Waals surface area contributed by atoms with E-state index in [1.807, 2.05) is 18.2 Å². The molecule has 1 N–H and O–H groups in total. The molecule has 0 bridgehead atoms. The SMILES string of the molecule is CCNC(Cc1c(Cl)cccc1Cl)C1CCOCC1. The van der Waals surface area contributed by atoms with Crippen molar-refractivity contribution in [1.29, 1.82) is 0 Å². The number of rotatable bonds is 5. The van der Waals surface area contributed by atoms with Crippen molar-refractivity contribution >= 4 is 23.2 Å². The minimum Gasteiger partial charge on any atom is -0.381 e. The van der Waals surface area contributed by atoms with Crippen molar-refractivity contribution in [2.45, 2.75) is 32.2 Å². The van der Waals surface area contributed by atoms with Crippen LogP contribution in [0.25, 0.3) is 0 Å². The van der Waals surface area contributed by atoms with E-state index < -0.39 is 0 Å². The van der Waals surface area contributed by atoms with Crippen molar-refractivity contribution in [1.82, 2.24) is 5.32 Å². The standard InChI is InChI=1S/C15H21Cl2NO/c1-2-18-15(11-6-8-19-9-7-11)10-12-13(16)4-3-5-14(12)17/h3-5,11,15,18H,2,6-10H2,1H3. The first kappa shape index (κ1) is 15.1. The van der Waals surface area contributed by atoms with Crippen molar-refractivity contribution in [2.75, 3.05) is 19.8 Å². The number of hydrogen-bond acceptors (Lipinski definition) is 2. The third kappa shape index (κ3) is 4.09. The summed E-state index contributed by atoms with van der Waals surface area (Å²) in [5, 5.41) is 5.11. The minimum atomic E-state index is 0.423. The molecule has 1 aromatic rings. The first-order valence-corrected chi connectivity index (χ1v) is 7.72. The molecule has 1 fully saturated rings. The van der Waals surface area contributed by atoms with Gasteiger partial charge in [-0.2, -0.15) is 0 Å². The lowest BCUT2D eigenvalue weighted by Gasteiger charge is -2.31. The maximum atomic E-state index is 6.28. The highest BCUT2D eigenvalue weighted by atomic mass is 35.5. The van der Waals surface area contributed by atoms with Crippen molar-refractivity contribution in [3.63, 3.8) is 0 Å². The first-order chi connectivity index (χ1) is 9.22. The van der Waals surface area contributed by atoms with Crippen LogP contribution in [-0.4, -0.2) is 25.8 Å². The van der Waals surface area contributed by atoms with Gasteiger partial charge < -0.3 is 10.1 Å². The summed E-state index contributed by atoms with van der Waals surface area (Å²) < 4.78 is 5.45. The average Bonchev–Trinajstić information content (AvgIpc) is 2.43. The van der Waals surface area contributed by atoms with Crippen molar-refractivity contribution < 1.29 is 4.74 Å². The lowest BCUT2D eigenvalue weighted by molar-refractivity contribution is 0.0540. The highest BCUT2D eigenvalue weighted by molar-refractivity contribution is 6.36. The van der Waals surface area contributed by atoms with Crippen LogP contribution in [0.4, 0.5) is 0 Å². The van der Waals surface area contributed by atoms with E-state index in [0.717, 1.165) is 54.6 Å². The summed E-state index contributed by atoms with van der Waals surface area (Å²) in [5.74, 6) is 0.640. The Labute approximate surface area is 125 Å². The molecule has 4 heteroatoms. The number of hydrogen-bond donors (Lipinski definition) is 1. The molecule has 2 rings (SSSR count). The number of likely N-dealkylation sites (N-methyl/N-ethyl adjacent to an activating group) is 1. The van der Waals surface area contributed by atoms with Gasteiger partial charge in [-0.1, -0.05) is 36.2 Å². The second-order valence-corrected chi connectivity index (χ2v) is 5.83. The molecule has 1 aliphatic rings. The minimum absolute atomic E-state index is 0.423. The van der Waals surface area contributed by atoms with E-state index in [9.17, 15) is 0 Å². The molecule has 0 spiro atoms. The van der Waals surface area contributed by atoms with Gasteiger partial charge in [-0.3, -0.25) is 0 Å². The molecule has 1 atom stereocenters. The fourth-order valence-electron chi connectivity index (χ4n) is 2.73. The summed E-state index contributed by atoms with van der Waals surface area (Å²) in [6, 6.07) is 6.14. The van der Waals surface area contributed by atoms with Crippen molar-refractivity contribution in [3.05, 3.63) is 33.8 Å². The Balaban J connectivity index is 2.11. The van der Waals surface area contributed by atoms with Crippen LogP contribution in [0.1, 0.15) is 25.3 Å². The molecule has 0 aromatic heterocycles. The van der Waals surface area contributed by atoms with Crippen LogP contribution in [0.3, 0.4) is 0 Å². The molecular formula is C15H21Cl2NO. The fourth-order valence-corrected chi connectivity index (χ4v) is 3.28. The summed E-state index contributed by atoms with van der Waals surface area (Å²) in [5.41, 5.74) is 1.06. The van der Waals surface area contributed by atoms with Crippen LogP contribution >= 0.6 is 23.2 Å². The lowest BCUT2D eigenvalue weighted by atomic mass is 9.87. The zero-order chi connectivity index (χ0) is 13.7. The van der Waals surface area contributed by atoms with Gasteiger partial charge in [0.2, 0.25) is 0 Å². The molecule has 106 valence electrons. The summed E-state index contributed by atoms with van der Waals surface area (Å²) >= 11 is 12.6. The second-order valence-electron chi connectivity index (χ2n) is 5.02. The van der Waals surface area contributed by atoms with E-state index in [2.05, 4.69) is 12.2 Å². The molecule has 1 aliphatic heterocycles. The van der Waals surface area contributed by atoms with Gasteiger partial charge in [-0.05, 0) is 49.4 Å². The fraction of sp³-hybridized carbons (Fsp3) is 0.600. The summed E-state index contributed by atoms with van der Waals surface area (Å²) in [6.45, 7) is 4.83. The van der Waals surface area contributed by atoms with Gasteiger partial charge in [-0.15, -0.1) is 0 Å². The highest BCUT2D eigenvalue weighted by Crippen LogP contribution is 2.29. The van der Waals surface area contributed by atoms with Crippen LogP contribution in [0.2, 0.25) is 10.0 Å².